The summed E-state index contributed by atoms with van der Waals surface area (Å²) in [6.07, 6.45) is 6.97. The van der Waals surface area contributed by atoms with Gasteiger partial charge in [0.05, 0.1) is 18.4 Å². The quantitative estimate of drug-likeness (QED) is 0.408. The van der Waals surface area contributed by atoms with E-state index < -0.39 is 11.6 Å². The van der Waals surface area contributed by atoms with Crippen molar-refractivity contribution in [1.82, 2.24) is 24.6 Å². The van der Waals surface area contributed by atoms with Gasteiger partial charge in [0.2, 0.25) is 0 Å². The number of aromatic nitrogens is 5. The number of carbonyl (C=O) groups excluding carboxylic acids is 1. The summed E-state index contributed by atoms with van der Waals surface area (Å²) in [4.78, 5) is 27.1. The molecule has 0 saturated heterocycles. The van der Waals surface area contributed by atoms with Crippen LogP contribution in [0.5, 0.6) is 5.75 Å². The zero-order chi connectivity index (χ0) is 27.0. The van der Waals surface area contributed by atoms with Gasteiger partial charge in [-0.05, 0) is 58.1 Å². The number of rotatable bonds is 8. The minimum atomic E-state index is -0.874. The second-order valence-corrected chi connectivity index (χ2v) is 10.6. The summed E-state index contributed by atoms with van der Waals surface area (Å²) in [7, 11) is 0. The van der Waals surface area contributed by atoms with Crippen molar-refractivity contribution in [3.63, 3.8) is 0 Å². The van der Waals surface area contributed by atoms with E-state index in [1.807, 2.05) is 26.8 Å². The Balaban J connectivity index is 1.53. The summed E-state index contributed by atoms with van der Waals surface area (Å²) in [6.45, 7) is 10.4. The molecule has 38 heavy (non-hydrogen) atoms. The molecule has 1 aliphatic carbocycles. The van der Waals surface area contributed by atoms with Gasteiger partial charge < -0.3 is 14.6 Å². The highest BCUT2D eigenvalue weighted by molar-refractivity contribution is 5.90. The number of hydrogen-bond acceptors (Lipinski definition) is 8. The molecule has 3 aromatic heterocycles. The van der Waals surface area contributed by atoms with Crippen molar-refractivity contribution in [2.24, 2.45) is 5.92 Å². The number of fused-ring (bicyclic) bond motifs is 1. The Labute approximate surface area is 223 Å². The first kappa shape index (κ1) is 26.1. The summed E-state index contributed by atoms with van der Waals surface area (Å²) in [5.41, 5.74) is 3.01. The topological polar surface area (TPSA) is 112 Å². The molecular weight excluding hydrogens is 482 g/mol. The number of ether oxygens (including phenoxy) is 2. The molecule has 1 fully saturated rings. The van der Waals surface area contributed by atoms with Gasteiger partial charge in [-0.25, -0.2) is 14.3 Å². The fourth-order valence-electron chi connectivity index (χ4n) is 6.18. The maximum Gasteiger partial charge on any atom is 0.338 e. The van der Waals surface area contributed by atoms with Gasteiger partial charge in [0, 0.05) is 41.4 Å². The highest BCUT2D eigenvalue weighted by Crippen LogP contribution is 2.52. The van der Waals surface area contributed by atoms with Gasteiger partial charge in [-0.3, -0.25) is 4.98 Å². The molecule has 0 aromatic carbocycles. The van der Waals surface area contributed by atoms with Crippen LogP contribution in [0, 0.1) is 19.8 Å². The number of aliphatic hydroxyl groups is 1. The molecule has 3 aromatic rings. The largest absolute Gasteiger partial charge is 0.512 e. The summed E-state index contributed by atoms with van der Waals surface area (Å²) in [5.74, 6) is 1.09. The van der Waals surface area contributed by atoms with Crippen molar-refractivity contribution in [2.45, 2.75) is 91.1 Å². The lowest BCUT2D eigenvalue weighted by Gasteiger charge is -2.46. The molecule has 4 heterocycles. The molecule has 1 aliphatic heterocycles. The van der Waals surface area contributed by atoms with Gasteiger partial charge in [0.25, 0.3) is 5.78 Å². The molecule has 9 heteroatoms. The van der Waals surface area contributed by atoms with Crippen LogP contribution in [-0.2, 0) is 22.4 Å². The summed E-state index contributed by atoms with van der Waals surface area (Å²) >= 11 is 0. The number of aryl methyl sites for hydroxylation is 3. The van der Waals surface area contributed by atoms with E-state index in [4.69, 9.17) is 9.47 Å². The first-order valence-corrected chi connectivity index (χ1v) is 13.7. The van der Waals surface area contributed by atoms with Crippen LogP contribution in [-0.4, -0.2) is 47.8 Å². The van der Waals surface area contributed by atoms with Crippen molar-refractivity contribution >= 4 is 11.7 Å². The molecule has 0 amide bonds. The van der Waals surface area contributed by atoms with E-state index in [2.05, 4.69) is 40.0 Å². The number of carbonyl (C=O) groups is 1. The molecule has 1 N–H and O–H groups in total. The van der Waals surface area contributed by atoms with Crippen LogP contribution in [0.4, 0.5) is 0 Å². The number of hydrogen-bond donors (Lipinski definition) is 1. The fraction of sp³-hybridized carbons (Fsp3) is 0.552. The molecule has 9 nitrogen and oxygen atoms in total. The van der Waals surface area contributed by atoms with Gasteiger partial charge in [-0.2, -0.15) is 4.98 Å². The second kappa shape index (κ2) is 10.3. The average molecular weight is 520 g/mol. The first-order valence-electron chi connectivity index (χ1n) is 13.7. The van der Waals surface area contributed by atoms with E-state index in [0.29, 0.717) is 24.0 Å². The molecule has 202 valence electrons. The summed E-state index contributed by atoms with van der Waals surface area (Å²) < 4.78 is 14.1. The predicted molar refractivity (Wildman–Crippen MR) is 142 cm³/mol. The molecule has 0 bridgehead atoms. The number of pyridine rings is 1. The maximum absolute atomic E-state index is 13.6. The van der Waals surface area contributed by atoms with Crippen molar-refractivity contribution in [2.75, 3.05) is 6.61 Å². The summed E-state index contributed by atoms with van der Waals surface area (Å²) in [5, 5.41) is 15.9. The average Bonchev–Trinajstić information content (AvgIpc) is 3.57. The van der Waals surface area contributed by atoms with E-state index >= 15 is 0 Å². The molecular formula is C29H37N5O4. The van der Waals surface area contributed by atoms with Crippen LogP contribution in [0.2, 0.25) is 0 Å². The second-order valence-electron chi connectivity index (χ2n) is 10.6. The number of esters is 1. The molecule has 5 rings (SSSR count). The minimum absolute atomic E-state index is 0.0578. The molecule has 0 spiro atoms. The van der Waals surface area contributed by atoms with Crippen molar-refractivity contribution in [3.8, 4) is 5.75 Å². The van der Waals surface area contributed by atoms with Crippen LogP contribution in [0.3, 0.4) is 0 Å². The van der Waals surface area contributed by atoms with Crippen molar-refractivity contribution < 1.29 is 19.4 Å². The van der Waals surface area contributed by atoms with E-state index in [0.717, 1.165) is 54.7 Å². The van der Waals surface area contributed by atoms with Gasteiger partial charge in [0.1, 0.15) is 17.1 Å². The van der Waals surface area contributed by atoms with Crippen molar-refractivity contribution in [3.05, 3.63) is 58.1 Å². The van der Waals surface area contributed by atoms with Gasteiger partial charge in [0.15, 0.2) is 5.82 Å². The van der Waals surface area contributed by atoms with Crippen LogP contribution >= 0.6 is 0 Å². The third kappa shape index (κ3) is 4.63. The molecule has 2 aliphatic rings. The Bertz CT molecular complexity index is 1390. The standard InChI is InChI=1S/C29H37N5O4/c1-6-21-13-22(25(16-30-21)37-7-2)19(5)29(20-10-8-9-11-20)15-24(35)23(27(36)38-29)14-26-32-28-31-17(3)12-18(4)34(28)33-26/h12-13,16,19-20,35H,6-11,14-15H2,1-5H3. The zero-order valence-corrected chi connectivity index (χ0v) is 23.0. The van der Waals surface area contributed by atoms with E-state index in [1.54, 1.807) is 10.7 Å². The monoisotopic (exact) mass is 519 g/mol. The Morgan fingerprint density at radius 2 is 1.97 bits per heavy atom. The number of nitrogens with zero attached hydrogens (tertiary/aromatic N) is 5. The van der Waals surface area contributed by atoms with E-state index in [9.17, 15) is 9.90 Å². The Morgan fingerprint density at radius 3 is 2.66 bits per heavy atom. The highest BCUT2D eigenvalue weighted by Gasteiger charge is 2.53. The van der Waals surface area contributed by atoms with Crippen LogP contribution in [0.15, 0.2) is 29.7 Å². The molecule has 2 atom stereocenters. The van der Waals surface area contributed by atoms with Crippen LogP contribution < -0.4 is 4.74 Å². The third-order valence-corrected chi connectivity index (χ3v) is 8.18. The lowest BCUT2D eigenvalue weighted by Crippen LogP contribution is -2.49. The normalized spacial score (nSPS) is 21.2. The minimum Gasteiger partial charge on any atom is -0.512 e. The van der Waals surface area contributed by atoms with Crippen molar-refractivity contribution in [1.29, 1.82) is 0 Å². The van der Waals surface area contributed by atoms with E-state index in [-0.39, 0.29) is 36.0 Å². The Kier molecular flexibility index (Phi) is 7.11. The lowest BCUT2D eigenvalue weighted by atomic mass is 9.69. The van der Waals surface area contributed by atoms with Crippen LogP contribution in [0.1, 0.15) is 87.3 Å². The number of cyclic esters (lactones) is 1. The Morgan fingerprint density at radius 1 is 1.21 bits per heavy atom. The van der Waals surface area contributed by atoms with Gasteiger partial charge >= 0.3 is 5.97 Å². The van der Waals surface area contributed by atoms with Gasteiger partial charge in [-0.1, -0.05) is 26.7 Å². The predicted octanol–water partition coefficient (Wildman–Crippen LogP) is 5.13. The first-order chi connectivity index (χ1) is 18.3. The fourth-order valence-corrected chi connectivity index (χ4v) is 6.18. The number of aliphatic hydroxyl groups excluding tert-OH is 1. The third-order valence-electron chi connectivity index (χ3n) is 8.18. The van der Waals surface area contributed by atoms with E-state index in [1.165, 1.54) is 0 Å². The molecule has 1 saturated carbocycles. The summed E-state index contributed by atoms with van der Waals surface area (Å²) in [6, 6.07) is 3.99. The zero-order valence-electron chi connectivity index (χ0n) is 23.0. The van der Waals surface area contributed by atoms with Gasteiger partial charge in [-0.15, -0.1) is 5.10 Å². The Hall–Kier alpha value is -3.49. The SMILES string of the molecule is CCOc1cnc(CC)cc1C(C)C1(C2CCCC2)CC(O)=C(Cc2nc3nc(C)cc(C)n3n2)C(=O)O1. The lowest BCUT2D eigenvalue weighted by molar-refractivity contribution is -0.170. The highest BCUT2D eigenvalue weighted by atomic mass is 16.6. The smallest absolute Gasteiger partial charge is 0.338 e. The maximum atomic E-state index is 13.6. The van der Waals surface area contributed by atoms with Crippen LogP contribution in [0.25, 0.3) is 5.78 Å². The molecule has 2 unspecified atom stereocenters. The molecule has 0 radical (unpaired) electrons.